The first-order valence-corrected chi connectivity index (χ1v) is 14.8. The minimum absolute atomic E-state index is 0.142. The maximum atomic E-state index is 14.2. The molecule has 11 heteroatoms. The number of hydrogen-bond acceptors (Lipinski definition) is 6. The highest BCUT2D eigenvalue weighted by molar-refractivity contribution is 6.31. The van der Waals surface area contributed by atoms with E-state index < -0.39 is 6.16 Å². The highest BCUT2D eigenvalue weighted by atomic mass is 35.5. The number of likely N-dealkylation sites (tertiary alicyclic amines) is 1. The number of rotatable bonds is 10. The molecule has 42 heavy (non-hydrogen) atoms. The molecule has 3 aliphatic rings. The maximum Gasteiger partial charge on any atom is 0.503 e. The molecule has 5 rings (SSSR count). The van der Waals surface area contributed by atoms with Crippen LogP contribution < -0.4 is 9.47 Å². The van der Waals surface area contributed by atoms with E-state index in [1.54, 1.807) is 7.11 Å². The van der Waals surface area contributed by atoms with Gasteiger partial charge in [-0.1, -0.05) is 43.0 Å². The number of carbonyl (C=O) groups excluding carboxylic acids is 2. The van der Waals surface area contributed by atoms with Crippen LogP contribution in [0.15, 0.2) is 30.3 Å². The summed E-state index contributed by atoms with van der Waals surface area (Å²) in [5.41, 5.74) is 3.20. The third kappa shape index (κ3) is 7.92. The topological polar surface area (TPSA) is 117 Å². The van der Waals surface area contributed by atoms with E-state index in [0.29, 0.717) is 17.4 Å². The number of ether oxygens (including phenoxy) is 2. The minimum Gasteiger partial charge on any atom is -0.493 e. The molecular formula is C31H38ClFN2O7. The van der Waals surface area contributed by atoms with Crippen molar-refractivity contribution in [3.63, 3.8) is 0 Å². The van der Waals surface area contributed by atoms with Crippen molar-refractivity contribution in [1.82, 2.24) is 9.80 Å². The molecule has 0 radical (unpaired) electrons. The highest BCUT2D eigenvalue weighted by Gasteiger charge is 2.32. The molecule has 1 atom stereocenters. The molecule has 2 amide bonds. The Morgan fingerprint density at radius 2 is 1.71 bits per heavy atom. The Kier molecular flexibility index (Phi) is 11.0. The molecule has 2 aliphatic carbocycles. The average Bonchev–Trinajstić information content (AvgIpc) is 3.54. The standard InChI is InChI=1S/C30H36ClFN2O4.CH2O3/c1-37-27-17-21(7-12-26(27)38-16-15-34-28(35)13-14-29(34)36)19-33(18-20-5-3-2-4-6-20)25-11-9-23-22(25)8-10-24(32)30(23)31;2-1(3)4/h7-8,10,12,17,20,25H,2-6,9,11,13-16,18-19H2,1H3;(H2,2,3,4). The molecule has 2 fully saturated rings. The maximum absolute atomic E-state index is 14.2. The number of amides is 2. The van der Waals surface area contributed by atoms with Crippen LogP contribution >= 0.6 is 11.6 Å². The van der Waals surface area contributed by atoms with Crippen LogP contribution in [0.1, 0.15) is 74.1 Å². The fourth-order valence-electron chi connectivity index (χ4n) is 6.28. The number of hydrogen-bond donors (Lipinski definition) is 2. The molecule has 228 valence electrons. The van der Waals surface area contributed by atoms with Gasteiger partial charge in [0.15, 0.2) is 11.5 Å². The molecule has 1 saturated carbocycles. The van der Waals surface area contributed by atoms with Gasteiger partial charge in [-0.05, 0) is 66.5 Å². The Hall–Kier alpha value is -3.37. The summed E-state index contributed by atoms with van der Waals surface area (Å²) >= 11 is 6.35. The lowest BCUT2D eigenvalue weighted by molar-refractivity contribution is -0.138. The SMILES string of the molecule is COc1cc(CN(CC2CCCCC2)C2CCc3c2ccc(F)c3Cl)ccc1OCCN1C(=O)CCC1=O.O=C(O)O. The highest BCUT2D eigenvalue weighted by Crippen LogP contribution is 2.42. The van der Waals surface area contributed by atoms with Gasteiger partial charge in [0.05, 0.1) is 18.7 Å². The van der Waals surface area contributed by atoms with Gasteiger partial charge in [-0.25, -0.2) is 9.18 Å². The summed E-state index contributed by atoms with van der Waals surface area (Å²) in [6, 6.07) is 9.55. The van der Waals surface area contributed by atoms with Gasteiger partial charge in [0.2, 0.25) is 11.8 Å². The largest absolute Gasteiger partial charge is 0.503 e. The van der Waals surface area contributed by atoms with Crippen LogP contribution in [-0.2, 0) is 22.6 Å². The molecule has 9 nitrogen and oxygen atoms in total. The molecule has 2 aromatic rings. The van der Waals surface area contributed by atoms with Crippen LogP contribution in [0.5, 0.6) is 11.5 Å². The second-order valence-corrected chi connectivity index (χ2v) is 11.4. The van der Waals surface area contributed by atoms with Crippen LogP contribution in [0.2, 0.25) is 5.02 Å². The molecule has 2 aromatic carbocycles. The summed E-state index contributed by atoms with van der Waals surface area (Å²) in [5.74, 6) is 1.24. The van der Waals surface area contributed by atoms with Crippen LogP contribution in [0.25, 0.3) is 0 Å². The van der Waals surface area contributed by atoms with Crippen LogP contribution in [0, 0.1) is 11.7 Å². The Morgan fingerprint density at radius 3 is 2.38 bits per heavy atom. The van der Waals surface area contributed by atoms with Gasteiger partial charge >= 0.3 is 6.16 Å². The zero-order chi connectivity index (χ0) is 30.2. The molecule has 0 aromatic heterocycles. The van der Waals surface area contributed by atoms with Crippen LogP contribution in [0.4, 0.5) is 9.18 Å². The van der Waals surface area contributed by atoms with Gasteiger partial charge in [0.25, 0.3) is 0 Å². The smallest absolute Gasteiger partial charge is 0.493 e. The molecule has 0 bridgehead atoms. The van der Waals surface area contributed by atoms with Crippen molar-refractivity contribution in [3.8, 4) is 11.5 Å². The number of carboxylic acid groups (broad SMARTS) is 2. The Bertz CT molecular complexity index is 1260. The van der Waals surface area contributed by atoms with Crippen molar-refractivity contribution < 1.29 is 38.5 Å². The molecule has 1 saturated heterocycles. The van der Waals surface area contributed by atoms with Gasteiger partial charge in [-0.15, -0.1) is 0 Å². The fourth-order valence-corrected chi connectivity index (χ4v) is 6.54. The lowest BCUT2D eigenvalue weighted by Gasteiger charge is -2.34. The number of carbonyl (C=O) groups is 3. The van der Waals surface area contributed by atoms with Gasteiger partial charge in [-0.2, -0.15) is 0 Å². The van der Waals surface area contributed by atoms with Crippen molar-refractivity contribution in [1.29, 1.82) is 0 Å². The van der Waals surface area contributed by atoms with E-state index >= 15 is 0 Å². The van der Waals surface area contributed by atoms with Gasteiger partial charge < -0.3 is 19.7 Å². The lowest BCUT2D eigenvalue weighted by atomic mass is 9.88. The summed E-state index contributed by atoms with van der Waals surface area (Å²) in [7, 11) is 1.61. The monoisotopic (exact) mass is 604 g/mol. The van der Waals surface area contributed by atoms with Crippen molar-refractivity contribution in [2.45, 2.75) is 70.4 Å². The van der Waals surface area contributed by atoms with Gasteiger partial charge in [0, 0.05) is 32.0 Å². The Morgan fingerprint density at radius 1 is 1.02 bits per heavy atom. The first-order chi connectivity index (χ1) is 20.2. The summed E-state index contributed by atoms with van der Waals surface area (Å²) in [5, 5.41) is 14.2. The fraction of sp³-hybridized carbons (Fsp3) is 0.516. The van der Waals surface area contributed by atoms with Crippen molar-refractivity contribution >= 4 is 29.6 Å². The summed E-state index contributed by atoms with van der Waals surface area (Å²) in [4.78, 5) is 36.1. The second kappa shape index (κ2) is 14.7. The van der Waals surface area contributed by atoms with E-state index in [0.717, 1.165) is 42.6 Å². The van der Waals surface area contributed by atoms with E-state index in [1.165, 1.54) is 43.1 Å². The van der Waals surface area contributed by atoms with E-state index in [1.807, 2.05) is 24.3 Å². The zero-order valence-electron chi connectivity index (χ0n) is 23.8. The van der Waals surface area contributed by atoms with E-state index in [2.05, 4.69) is 4.90 Å². The Balaban J connectivity index is 0.000000952. The lowest BCUT2D eigenvalue weighted by Crippen LogP contribution is -2.33. The molecular weight excluding hydrogens is 567 g/mol. The van der Waals surface area contributed by atoms with Crippen molar-refractivity contribution in [2.75, 3.05) is 26.8 Å². The normalized spacial score (nSPS) is 18.6. The predicted octanol–water partition coefficient (Wildman–Crippen LogP) is 6.31. The van der Waals surface area contributed by atoms with Crippen LogP contribution in [0.3, 0.4) is 0 Å². The Labute approximate surface area is 250 Å². The number of fused-ring (bicyclic) bond motifs is 1. The van der Waals surface area contributed by atoms with Crippen LogP contribution in [-0.4, -0.2) is 64.8 Å². The molecule has 1 heterocycles. The molecule has 0 spiro atoms. The molecule has 1 unspecified atom stereocenters. The van der Waals surface area contributed by atoms with Crippen molar-refractivity contribution in [3.05, 3.63) is 57.9 Å². The third-order valence-corrected chi connectivity index (χ3v) is 8.67. The number of halogens is 2. The average molecular weight is 605 g/mol. The zero-order valence-corrected chi connectivity index (χ0v) is 24.6. The van der Waals surface area contributed by atoms with Gasteiger partial charge in [0.1, 0.15) is 12.4 Å². The van der Waals surface area contributed by atoms with E-state index in [-0.39, 0.29) is 54.7 Å². The predicted molar refractivity (Wildman–Crippen MR) is 155 cm³/mol. The van der Waals surface area contributed by atoms with Crippen molar-refractivity contribution in [2.24, 2.45) is 5.92 Å². The molecule has 2 N–H and O–H groups in total. The van der Waals surface area contributed by atoms with Gasteiger partial charge in [-0.3, -0.25) is 19.4 Å². The first kappa shape index (κ1) is 31.6. The first-order valence-electron chi connectivity index (χ1n) is 14.4. The number of methoxy groups -OCH3 is 1. The number of imide groups is 1. The minimum atomic E-state index is -1.83. The van der Waals surface area contributed by atoms with E-state index in [4.69, 9.17) is 36.1 Å². The van der Waals surface area contributed by atoms with E-state index in [9.17, 15) is 14.0 Å². The third-order valence-electron chi connectivity index (χ3n) is 8.26. The quantitative estimate of drug-likeness (QED) is 0.303. The second-order valence-electron chi connectivity index (χ2n) is 11.0. The number of nitrogens with zero attached hydrogens (tertiary/aromatic N) is 2. The molecule has 1 aliphatic heterocycles. The summed E-state index contributed by atoms with van der Waals surface area (Å²) in [6.45, 7) is 2.19. The summed E-state index contributed by atoms with van der Waals surface area (Å²) in [6.07, 6.45) is 6.82. The summed E-state index contributed by atoms with van der Waals surface area (Å²) < 4.78 is 25.7. The number of benzene rings is 2.